The molecule has 0 unspecified atom stereocenters. The third-order valence-corrected chi connectivity index (χ3v) is 4.82. The summed E-state index contributed by atoms with van der Waals surface area (Å²) in [6.07, 6.45) is 6.93. The molecule has 3 rings (SSSR count). The lowest BCUT2D eigenvalue weighted by atomic mass is 10.1. The fourth-order valence-electron chi connectivity index (χ4n) is 2.82. The molecule has 1 aromatic heterocycles. The summed E-state index contributed by atoms with van der Waals surface area (Å²) in [5, 5.41) is 4.42. The smallest absolute Gasteiger partial charge is 0.182 e. The summed E-state index contributed by atoms with van der Waals surface area (Å²) >= 11 is 1.78. The topological polar surface area (TPSA) is 28.2 Å². The van der Waals surface area contributed by atoms with E-state index in [1.807, 2.05) is 6.20 Å². The predicted molar refractivity (Wildman–Crippen MR) is 91.3 cm³/mol. The zero-order valence-corrected chi connectivity index (χ0v) is 13.5. The molecule has 2 aromatic rings. The van der Waals surface area contributed by atoms with Crippen LogP contribution in [0.3, 0.4) is 0 Å². The van der Waals surface area contributed by atoms with Crippen LogP contribution in [-0.4, -0.2) is 18.1 Å². The largest absolute Gasteiger partial charge is 0.366 e. The van der Waals surface area contributed by atoms with Crippen molar-refractivity contribution in [3.8, 4) is 0 Å². The summed E-state index contributed by atoms with van der Waals surface area (Å²) in [7, 11) is 0. The first-order valence-corrected chi connectivity index (χ1v) is 8.70. The van der Waals surface area contributed by atoms with Gasteiger partial charge in [-0.2, -0.15) is 0 Å². The van der Waals surface area contributed by atoms with Crippen molar-refractivity contribution >= 4 is 22.2 Å². The molecule has 1 aromatic carbocycles. The first-order valence-electron chi connectivity index (χ1n) is 7.88. The maximum absolute atomic E-state index is 4.48. The van der Waals surface area contributed by atoms with E-state index in [1.165, 1.54) is 35.4 Å². The molecule has 1 aliphatic heterocycles. The summed E-state index contributed by atoms with van der Waals surface area (Å²) < 4.78 is 0. The third-order valence-electron chi connectivity index (χ3n) is 3.88. The van der Waals surface area contributed by atoms with Gasteiger partial charge in [0.15, 0.2) is 5.13 Å². The number of anilines is 2. The van der Waals surface area contributed by atoms with Crippen LogP contribution in [0.4, 0.5) is 10.8 Å². The Morgan fingerprint density at radius 3 is 3.10 bits per heavy atom. The van der Waals surface area contributed by atoms with E-state index in [9.17, 15) is 0 Å². The van der Waals surface area contributed by atoms with Gasteiger partial charge in [0.2, 0.25) is 0 Å². The van der Waals surface area contributed by atoms with Gasteiger partial charge in [0, 0.05) is 29.9 Å². The lowest BCUT2D eigenvalue weighted by Crippen LogP contribution is -2.22. The van der Waals surface area contributed by atoms with Crippen LogP contribution >= 0.6 is 11.3 Å². The number of para-hydroxylation sites is 1. The second kappa shape index (κ2) is 6.94. The zero-order chi connectivity index (χ0) is 14.5. The summed E-state index contributed by atoms with van der Waals surface area (Å²) in [4.78, 5) is 8.33. The van der Waals surface area contributed by atoms with E-state index in [-0.39, 0.29) is 0 Å². The molecule has 0 radical (unpaired) electrons. The highest BCUT2D eigenvalue weighted by atomic mass is 32.1. The van der Waals surface area contributed by atoms with Crippen LogP contribution in [0.1, 0.15) is 36.6 Å². The predicted octanol–water partition coefficient (Wildman–Crippen LogP) is 4.31. The zero-order valence-electron chi connectivity index (χ0n) is 12.6. The lowest BCUT2D eigenvalue weighted by Gasteiger charge is -2.24. The van der Waals surface area contributed by atoms with Gasteiger partial charge in [0.25, 0.3) is 0 Å². The molecule has 1 N–H and O–H groups in total. The van der Waals surface area contributed by atoms with Gasteiger partial charge in [-0.25, -0.2) is 4.98 Å². The number of benzene rings is 1. The fraction of sp³-hybridized carbons (Fsp3) is 0.471. The quantitative estimate of drug-likeness (QED) is 0.892. The average molecular weight is 301 g/mol. The van der Waals surface area contributed by atoms with Crippen molar-refractivity contribution in [1.82, 2.24) is 4.98 Å². The molecular weight excluding hydrogens is 278 g/mol. The standard InChI is InChI=1S/C17H23N3S/c1-2-10-18-17-19-12-15(21-17)13-20-11-6-5-8-14-7-3-4-9-16(14)20/h3-4,7,9,12H,2,5-6,8,10-11,13H2,1H3,(H,18,19). The number of aryl methyl sites for hydroxylation is 1. The minimum absolute atomic E-state index is 0.975. The monoisotopic (exact) mass is 301 g/mol. The Balaban J connectivity index is 1.73. The van der Waals surface area contributed by atoms with Gasteiger partial charge < -0.3 is 10.2 Å². The van der Waals surface area contributed by atoms with Gasteiger partial charge in [-0.3, -0.25) is 0 Å². The van der Waals surface area contributed by atoms with E-state index >= 15 is 0 Å². The molecule has 4 heteroatoms. The van der Waals surface area contributed by atoms with Gasteiger partial charge in [0.1, 0.15) is 0 Å². The second-order valence-electron chi connectivity index (χ2n) is 5.57. The maximum Gasteiger partial charge on any atom is 0.182 e. The van der Waals surface area contributed by atoms with Crippen LogP contribution in [0, 0.1) is 0 Å². The molecule has 0 saturated heterocycles. The Bertz CT molecular complexity index is 579. The normalized spacial score (nSPS) is 14.6. The summed E-state index contributed by atoms with van der Waals surface area (Å²) in [5.41, 5.74) is 2.90. The third kappa shape index (κ3) is 3.56. The minimum atomic E-state index is 0.975. The van der Waals surface area contributed by atoms with Gasteiger partial charge in [-0.05, 0) is 37.3 Å². The van der Waals surface area contributed by atoms with Crippen LogP contribution in [0.2, 0.25) is 0 Å². The van der Waals surface area contributed by atoms with Crippen molar-refractivity contribution in [1.29, 1.82) is 0 Å². The number of nitrogens with one attached hydrogen (secondary N) is 1. The molecule has 3 nitrogen and oxygen atoms in total. The molecule has 0 fully saturated rings. The molecule has 0 amide bonds. The molecule has 0 saturated carbocycles. The Kier molecular flexibility index (Phi) is 4.76. The highest BCUT2D eigenvalue weighted by Crippen LogP contribution is 2.29. The number of hydrogen-bond donors (Lipinski definition) is 1. The molecule has 21 heavy (non-hydrogen) atoms. The molecule has 0 spiro atoms. The van der Waals surface area contributed by atoms with Gasteiger partial charge >= 0.3 is 0 Å². The Morgan fingerprint density at radius 2 is 2.19 bits per heavy atom. The lowest BCUT2D eigenvalue weighted by molar-refractivity contribution is 0.717. The highest BCUT2D eigenvalue weighted by molar-refractivity contribution is 7.15. The average Bonchev–Trinajstić information content (AvgIpc) is 2.86. The SMILES string of the molecule is CCCNc1ncc(CN2CCCCc3ccccc32)s1. The van der Waals surface area contributed by atoms with Gasteiger partial charge in [-0.1, -0.05) is 25.1 Å². The summed E-state index contributed by atoms with van der Waals surface area (Å²) in [5.74, 6) is 0. The Morgan fingerprint density at radius 1 is 1.29 bits per heavy atom. The van der Waals surface area contributed by atoms with E-state index in [2.05, 4.69) is 46.4 Å². The summed E-state index contributed by atoms with van der Waals surface area (Å²) in [6, 6.07) is 8.84. The molecule has 2 heterocycles. The van der Waals surface area contributed by atoms with E-state index in [4.69, 9.17) is 0 Å². The number of rotatable bonds is 5. The van der Waals surface area contributed by atoms with Crippen LogP contribution in [0.25, 0.3) is 0 Å². The first-order chi connectivity index (χ1) is 10.4. The summed E-state index contributed by atoms with van der Waals surface area (Å²) in [6.45, 7) is 5.30. The van der Waals surface area contributed by atoms with E-state index < -0.39 is 0 Å². The number of aromatic nitrogens is 1. The molecule has 0 aliphatic carbocycles. The van der Waals surface area contributed by atoms with Crippen LogP contribution < -0.4 is 10.2 Å². The first kappa shape index (κ1) is 14.4. The van der Waals surface area contributed by atoms with Crippen molar-refractivity contribution in [3.05, 3.63) is 40.9 Å². The number of hydrogen-bond acceptors (Lipinski definition) is 4. The van der Waals surface area contributed by atoms with Gasteiger partial charge in [0.05, 0.1) is 6.54 Å². The van der Waals surface area contributed by atoms with Crippen molar-refractivity contribution in [2.75, 3.05) is 23.3 Å². The van der Waals surface area contributed by atoms with Crippen LogP contribution in [0.15, 0.2) is 30.5 Å². The van der Waals surface area contributed by atoms with E-state index in [1.54, 1.807) is 11.3 Å². The molecule has 0 atom stereocenters. The molecule has 0 bridgehead atoms. The maximum atomic E-state index is 4.48. The van der Waals surface area contributed by atoms with Crippen molar-refractivity contribution in [2.45, 2.75) is 39.2 Å². The number of fused-ring (bicyclic) bond motifs is 1. The van der Waals surface area contributed by atoms with Gasteiger partial charge in [-0.15, -0.1) is 11.3 Å². The number of nitrogens with zero attached hydrogens (tertiary/aromatic N) is 2. The molecular formula is C17H23N3S. The van der Waals surface area contributed by atoms with Crippen LogP contribution in [-0.2, 0) is 13.0 Å². The van der Waals surface area contributed by atoms with E-state index in [0.29, 0.717) is 0 Å². The van der Waals surface area contributed by atoms with E-state index in [0.717, 1.165) is 31.2 Å². The fourth-order valence-corrected chi connectivity index (χ4v) is 3.67. The highest BCUT2D eigenvalue weighted by Gasteiger charge is 2.16. The number of thiazole rings is 1. The second-order valence-corrected chi connectivity index (χ2v) is 6.68. The molecule has 112 valence electrons. The van der Waals surface area contributed by atoms with Crippen molar-refractivity contribution in [2.24, 2.45) is 0 Å². The van der Waals surface area contributed by atoms with Crippen molar-refractivity contribution in [3.63, 3.8) is 0 Å². The Hall–Kier alpha value is -1.55. The minimum Gasteiger partial charge on any atom is -0.366 e. The Labute approximate surface area is 131 Å². The molecule has 1 aliphatic rings. The van der Waals surface area contributed by atoms with Crippen LogP contribution in [0.5, 0.6) is 0 Å². The van der Waals surface area contributed by atoms with Crippen molar-refractivity contribution < 1.29 is 0 Å².